The number of thioether (sulfide) groups is 1. The fourth-order valence-corrected chi connectivity index (χ4v) is 3.93. The van der Waals surface area contributed by atoms with Crippen molar-refractivity contribution in [3.8, 4) is 0 Å². The number of rotatable bonds is 6. The molecule has 0 radical (unpaired) electrons. The zero-order valence-corrected chi connectivity index (χ0v) is 16.2. The van der Waals surface area contributed by atoms with Crippen molar-refractivity contribution in [3.05, 3.63) is 65.2 Å². The van der Waals surface area contributed by atoms with Gasteiger partial charge in [0.1, 0.15) is 0 Å². The summed E-state index contributed by atoms with van der Waals surface area (Å²) in [4.78, 5) is 25.1. The maximum Gasteiger partial charge on any atom is 0.340 e. The average Bonchev–Trinajstić information content (AvgIpc) is 2.68. The van der Waals surface area contributed by atoms with E-state index in [4.69, 9.17) is 4.74 Å². The summed E-state index contributed by atoms with van der Waals surface area (Å²) in [5, 5.41) is 2.94. The molecule has 0 saturated carbocycles. The number of nitrogens with one attached hydrogen (secondary N) is 1. The lowest BCUT2D eigenvalue weighted by molar-refractivity contribution is -0.130. The second-order valence-corrected chi connectivity index (χ2v) is 7.61. The number of carbonyl (C=O) groups excluding carboxylic acids is 2. The second kappa shape index (κ2) is 9.19. The molecule has 1 aliphatic rings. The number of hydrogen-bond donors (Lipinski definition) is 1. The van der Waals surface area contributed by atoms with Gasteiger partial charge < -0.3 is 10.1 Å². The van der Waals surface area contributed by atoms with Crippen molar-refractivity contribution in [2.24, 2.45) is 0 Å². The third kappa shape index (κ3) is 4.90. The Bertz CT molecular complexity index is 859. The third-order valence-electron chi connectivity index (χ3n) is 4.66. The lowest BCUT2D eigenvalue weighted by atomic mass is 9.87. The summed E-state index contributed by atoms with van der Waals surface area (Å²) in [6.45, 7) is 1.48. The first kappa shape index (κ1) is 20.3. The summed E-state index contributed by atoms with van der Waals surface area (Å²) in [6.07, 6.45) is 1.73. The molecule has 0 heterocycles. The third-order valence-corrected chi connectivity index (χ3v) is 5.45. The molecule has 0 saturated heterocycles. The number of halogens is 2. The summed E-state index contributed by atoms with van der Waals surface area (Å²) in [7, 11) is 0. The van der Waals surface area contributed by atoms with Crippen molar-refractivity contribution in [1.82, 2.24) is 5.32 Å². The van der Waals surface area contributed by atoms with Gasteiger partial charge in [0.2, 0.25) is 0 Å². The van der Waals surface area contributed by atoms with E-state index in [1.54, 1.807) is 12.1 Å². The first-order valence-corrected chi connectivity index (χ1v) is 9.96. The molecule has 0 fully saturated rings. The normalized spacial score (nSPS) is 16.9. The minimum absolute atomic E-state index is 0.0236. The lowest BCUT2D eigenvalue weighted by Gasteiger charge is -2.27. The monoisotopic (exact) mass is 405 g/mol. The molecule has 148 valence electrons. The first-order valence-electron chi connectivity index (χ1n) is 9.08. The molecule has 0 bridgehead atoms. The molecular weight excluding hydrogens is 384 g/mol. The highest BCUT2D eigenvalue weighted by molar-refractivity contribution is 7.99. The predicted molar refractivity (Wildman–Crippen MR) is 103 cm³/mol. The van der Waals surface area contributed by atoms with Crippen LogP contribution < -0.4 is 5.32 Å². The van der Waals surface area contributed by atoms with Gasteiger partial charge in [0.15, 0.2) is 6.10 Å². The van der Waals surface area contributed by atoms with E-state index in [2.05, 4.69) is 11.4 Å². The molecule has 1 N–H and O–H groups in total. The summed E-state index contributed by atoms with van der Waals surface area (Å²) >= 11 is 0.275. The summed E-state index contributed by atoms with van der Waals surface area (Å²) in [6, 6.07) is 13.8. The number of aryl methyl sites for hydroxylation is 1. The fraction of sp³-hybridized carbons (Fsp3) is 0.333. The van der Waals surface area contributed by atoms with Crippen molar-refractivity contribution in [2.75, 3.05) is 0 Å². The molecule has 2 unspecified atom stereocenters. The van der Waals surface area contributed by atoms with Gasteiger partial charge in [0, 0.05) is 4.90 Å². The van der Waals surface area contributed by atoms with E-state index >= 15 is 0 Å². The van der Waals surface area contributed by atoms with Gasteiger partial charge in [-0.3, -0.25) is 4.79 Å². The molecule has 1 aliphatic carbocycles. The number of carbonyl (C=O) groups is 2. The summed E-state index contributed by atoms with van der Waals surface area (Å²) in [5.41, 5.74) is 2.32. The molecule has 0 aromatic heterocycles. The molecule has 2 atom stereocenters. The van der Waals surface area contributed by atoms with Crippen LogP contribution in [0.3, 0.4) is 0 Å². The van der Waals surface area contributed by atoms with Gasteiger partial charge in [-0.1, -0.05) is 48.2 Å². The Kier molecular flexibility index (Phi) is 6.67. The van der Waals surface area contributed by atoms with Crippen molar-refractivity contribution >= 4 is 23.6 Å². The minimum atomic E-state index is -2.65. The van der Waals surface area contributed by atoms with Gasteiger partial charge in [0.25, 0.3) is 11.7 Å². The number of alkyl halides is 2. The standard InChI is InChI=1S/C21H21F2NO3S/c1-13(27-20(26)16-10-4-5-12-18(16)28-21(22)23)19(25)24-17-11-6-8-14-7-2-3-9-15(14)17/h2-5,7,9-10,12-13,17,21H,6,8,11H2,1H3,(H,24,25). The molecule has 0 aliphatic heterocycles. The van der Waals surface area contributed by atoms with E-state index in [9.17, 15) is 18.4 Å². The van der Waals surface area contributed by atoms with Crippen molar-refractivity contribution in [2.45, 2.75) is 49.0 Å². The van der Waals surface area contributed by atoms with Crippen LogP contribution in [-0.2, 0) is 16.0 Å². The molecule has 28 heavy (non-hydrogen) atoms. The SMILES string of the molecule is CC(OC(=O)c1ccccc1SC(F)F)C(=O)NC1CCCc2ccccc21. The van der Waals surface area contributed by atoms with E-state index < -0.39 is 23.7 Å². The van der Waals surface area contributed by atoms with Crippen LogP contribution in [0.15, 0.2) is 53.4 Å². The topological polar surface area (TPSA) is 55.4 Å². The lowest BCUT2D eigenvalue weighted by Crippen LogP contribution is -2.39. The van der Waals surface area contributed by atoms with Crippen LogP contribution in [0.5, 0.6) is 0 Å². The van der Waals surface area contributed by atoms with E-state index in [0.29, 0.717) is 0 Å². The van der Waals surface area contributed by atoms with Crippen LogP contribution in [0.2, 0.25) is 0 Å². The molecule has 0 spiro atoms. The Hall–Kier alpha value is -2.41. The summed E-state index contributed by atoms with van der Waals surface area (Å²) in [5.74, 6) is -3.86. The van der Waals surface area contributed by atoms with Crippen LogP contribution >= 0.6 is 11.8 Å². The number of hydrogen-bond acceptors (Lipinski definition) is 4. The van der Waals surface area contributed by atoms with E-state index in [0.717, 1.165) is 24.8 Å². The van der Waals surface area contributed by atoms with Crippen LogP contribution in [0, 0.1) is 0 Å². The predicted octanol–water partition coefficient (Wildman–Crippen LogP) is 4.74. The first-order chi connectivity index (χ1) is 13.5. The Balaban J connectivity index is 1.65. The molecule has 2 aromatic carbocycles. The number of amides is 1. The number of fused-ring (bicyclic) bond motifs is 1. The fourth-order valence-electron chi connectivity index (χ4n) is 3.30. The largest absolute Gasteiger partial charge is 0.449 e. The highest BCUT2D eigenvalue weighted by atomic mass is 32.2. The molecule has 2 aromatic rings. The van der Waals surface area contributed by atoms with Crippen molar-refractivity contribution in [3.63, 3.8) is 0 Å². The molecular formula is C21H21F2NO3S. The number of benzene rings is 2. The van der Waals surface area contributed by atoms with Gasteiger partial charge in [-0.2, -0.15) is 8.78 Å². The molecule has 1 amide bonds. The van der Waals surface area contributed by atoms with Gasteiger partial charge in [0.05, 0.1) is 11.6 Å². The Morgan fingerprint density at radius 1 is 1.14 bits per heavy atom. The van der Waals surface area contributed by atoms with Crippen LogP contribution in [0.4, 0.5) is 8.78 Å². The number of ether oxygens (including phenoxy) is 1. The van der Waals surface area contributed by atoms with E-state index in [1.807, 2.05) is 18.2 Å². The smallest absolute Gasteiger partial charge is 0.340 e. The quantitative estimate of drug-likeness (QED) is 0.557. The Morgan fingerprint density at radius 2 is 1.86 bits per heavy atom. The molecule has 4 nitrogen and oxygen atoms in total. The van der Waals surface area contributed by atoms with Crippen LogP contribution in [0.1, 0.15) is 47.3 Å². The average molecular weight is 405 g/mol. The van der Waals surface area contributed by atoms with Gasteiger partial charge in [-0.05, 0) is 49.4 Å². The zero-order chi connectivity index (χ0) is 20.1. The van der Waals surface area contributed by atoms with E-state index in [1.165, 1.54) is 24.6 Å². The molecule has 7 heteroatoms. The molecule has 3 rings (SSSR count). The maximum atomic E-state index is 12.7. The minimum Gasteiger partial charge on any atom is -0.449 e. The zero-order valence-electron chi connectivity index (χ0n) is 15.4. The van der Waals surface area contributed by atoms with Crippen molar-refractivity contribution in [1.29, 1.82) is 0 Å². The highest BCUT2D eigenvalue weighted by Gasteiger charge is 2.26. The van der Waals surface area contributed by atoms with Crippen LogP contribution in [-0.4, -0.2) is 23.7 Å². The number of esters is 1. The Morgan fingerprint density at radius 3 is 2.64 bits per heavy atom. The maximum absolute atomic E-state index is 12.7. The van der Waals surface area contributed by atoms with E-state index in [-0.39, 0.29) is 28.3 Å². The highest BCUT2D eigenvalue weighted by Crippen LogP contribution is 2.30. The van der Waals surface area contributed by atoms with Crippen LogP contribution in [0.25, 0.3) is 0 Å². The van der Waals surface area contributed by atoms with Crippen molar-refractivity contribution < 1.29 is 23.1 Å². The Labute approximate surface area is 166 Å². The van der Waals surface area contributed by atoms with Gasteiger partial charge in [-0.15, -0.1) is 0 Å². The van der Waals surface area contributed by atoms with Gasteiger partial charge in [-0.25, -0.2) is 4.79 Å². The summed E-state index contributed by atoms with van der Waals surface area (Å²) < 4.78 is 30.6. The van der Waals surface area contributed by atoms with Gasteiger partial charge >= 0.3 is 5.97 Å². The second-order valence-electron chi connectivity index (χ2n) is 6.57.